The molecule has 0 saturated carbocycles. The molecule has 141 heavy (non-hydrogen) atoms. The molecule has 0 aromatic heterocycles. The number of benzene rings is 8. The minimum Gasteiger partial charge on any atom is -0.545 e. The van der Waals surface area contributed by atoms with E-state index in [4.69, 9.17) is 56.8 Å². The Morgan fingerprint density at radius 3 is 0.489 bits per heavy atom. The fourth-order valence-electron chi connectivity index (χ4n) is 15.2. The summed E-state index contributed by atoms with van der Waals surface area (Å²) in [6.07, 6.45) is 3.49. The summed E-state index contributed by atoms with van der Waals surface area (Å²) in [5.41, 5.74) is 7.28. The number of carboxylic acids is 2. The maximum atomic E-state index is 15.3. The van der Waals surface area contributed by atoms with Gasteiger partial charge in [0.25, 0.3) is 0 Å². The van der Waals surface area contributed by atoms with E-state index in [1.807, 2.05) is 86.6 Å². The summed E-state index contributed by atoms with van der Waals surface area (Å²) in [5.74, 6) is -4.49. The minimum absolute atomic E-state index is 0. The molecule has 6 fully saturated rings. The molecule has 28 nitrogen and oxygen atoms in total. The van der Waals surface area contributed by atoms with Crippen molar-refractivity contribution in [3.8, 4) is 0 Å². The van der Waals surface area contributed by atoms with E-state index in [-0.39, 0.29) is 132 Å². The molecule has 8 aromatic carbocycles. The van der Waals surface area contributed by atoms with Gasteiger partial charge in [-0.1, -0.05) is 309 Å². The fraction of sp³-hybridized carbons (Fsp3) is 0.518. The molecule has 8 aromatic rings. The second-order valence-electron chi connectivity index (χ2n) is 40.1. The topological polar surface area (TPSA) is 439 Å². The molecule has 0 aliphatic carbocycles. The van der Waals surface area contributed by atoms with Gasteiger partial charge < -0.3 is 120 Å². The van der Waals surface area contributed by atoms with Gasteiger partial charge in [-0.2, -0.15) is 0 Å². The van der Waals surface area contributed by atoms with Crippen molar-refractivity contribution in [1.29, 1.82) is 0 Å². The maximum absolute atomic E-state index is 15.3. The number of rotatable bonds is 20. The van der Waals surface area contributed by atoms with Crippen molar-refractivity contribution in [3.05, 3.63) is 260 Å². The quantitative estimate of drug-likeness (QED) is 0.0313. The van der Waals surface area contributed by atoms with Gasteiger partial charge in [0.2, 0.25) is 23.6 Å². The van der Waals surface area contributed by atoms with Gasteiger partial charge in [0, 0.05) is 24.0 Å². The van der Waals surface area contributed by atoms with Gasteiger partial charge in [0.1, 0.15) is 10.8 Å². The number of hydrogen-bond acceptors (Lipinski definition) is 20. The molecule has 6 aliphatic rings. The van der Waals surface area contributed by atoms with Crippen LogP contribution in [0, 0.1) is 0 Å². The second kappa shape index (κ2) is 63.0. The summed E-state index contributed by atoms with van der Waals surface area (Å²) in [4.78, 5) is 81.3. The SMILES string of the molecule is C1COCCO1.C1COCCO1.C1COCCO1.C1COCCO1.C1COCCO1.C1COCCO1.CCCCC(=O)Nc1cccc(NC(=O)C(c2ccc(C(C)(C)C)cc2)(c2ccc(C(C)(C)C)cc2)c2ccc(C(C)(C)C)cc2)c1C(=O)[O-].CCCCC(=O)Nc1cccc(NC(=O)C(c2ccc(C(C)(C)C)cc2)(c2ccc(C(C)(C)C)cc2)c2ccc(C(C)(C)C)cc2)c1C(=O)[O-].[OH3+].[OH3+].[OH3+].[OH3+].[Zn+2]. The van der Waals surface area contributed by atoms with Crippen LogP contribution in [0.25, 0.3) is 0 Å². The van der Waals surface area contributed by atoms with Crippen LogP contribution in [-0.2, 0) is 161 Å². The van der Waals surface area contributed by atoms with E-state index in [2.05, 4.69) is 219 Å². The zero-order valence-electron chi connectivity index (χ0n) is 87.7. The van der Waals surface area contributed by atoms with Crippen molar-refractivity contribution in [2.24, 2.45) is 0 Å². The van der Waals surface area contributed by atoms with Gasteiger partial charge >= 0.3 is 19.5 Å². The second-order valence-corrected chi connectivity index (χ2v) is 40.1. The standard InChI is InChI=1S/2C44H54N2O4.6C4H8O2.4H2O.Zn/c2*1-11-12-16-37(47)45-35-14-13-15-36(38(35)39(48)49)46-40(50)44(32-23-17-29(18-24-32)41(2,3)4,33-25-19-30(20-26-33)42(5,6)7)34-27-21-31(22-28-34)43(8,9)10;6*1-2-6-4-3-5-1;;;;;/h2*13-15,17-28H,11-12,16H2,1-10H3,(H,45,47)(H,46,50)(H,48,49);6*1-4H2;4*1H2;/q;;;;;;;;;;;;+2/p+2. The van der Waals surface area contributed by atoms with E-state index >= 15 is 9.59 Å². The van der Waals surface area contributed by atoms with Crippen LogP contribution in [0.1, 0.15) is 264 Å². The number of amides is 4. The Balaban J connectivity index is 0.000000678. The average Bonchev–Trinajstić information content (AvgIpc) is 0.734. The molecule has 16 N–H and O–H groups in total. The summed E-state index contributed by atoms with van der Waals surface area (Å²) in [7, 11) is 0. The number of aromatic carboxylic acids is 2. The zero-order valence-corrected chi connectivity index (χ0v) is 90.7. The third kappa shape index (κ3) is 40.6. The van der Waals surface area contributed by atoms with E-state index in [0.29, 0.717) is 12.8 Å². The number of carboxylic acid groups (broad SMARTS) is 2. The van der Waals surface area contributed by atoms with E-state index in [0.717, 1.165) is 238 Å². The molecule has 14 rings (SSSR count). The largest absolute Gasteiger partial charge is 2.00 e. The van der Waals surface area contributed by atoms with Crippen molar-refractivity contribution >= 4 is 58.3 Å². The molecule has 0 bridgehead atoms. The molecule has 0 spiro atoms. The van der Waals surface area contributed by atoms with Crippen molar-refractivity contribution in [1.82, 2.24) is 0 Å². The first-order valence-corrected chi connectivity index (χ1v) is 48.1. The van der Waals surface area contributed by atoms with Crippen molar-refractivity contribution in [2.75, 3.05) is 180 Å². The van der Waals surface area contributed by atoms with Gasteiger partial charge in [0.15, 0.2) is 0 Å². The summed E-state index contributed by atoms with van der Waals surface area (Å²) >= 11 is 0. The molecule has 776 valence electrons. The Morgan fingerprint density at radius 1 is 0.234 bits per heavy atom. The molecule has 4 amide bonds. The number of nitrogens with one attached hydrogen (secondary N) is 4. The van der Waals surface area contributed by atoms with Crippen LogP contribution >= 0.6 is 0 Å². The molecular weight excluding hydrogens is 1850 g/mol. The van der Waals surface area contributed by atoms with Crippen LogP contribution in [0.5, 0.6) is 0 Å². The monoisotopic (exact) mass is 2020 g/mol. The molecule has 6 heterocycles. The Kier molecular flexibility index (Phi) is 57.0. The number of hydrogen-bond donors (Lipinski definition) is 4. The molecule has 6 saturated heterocycles. The van der Waals surface area contributed by atoms with Crippen molar-refractivity contribution in [3.63, 3.8) is 0 Å². The molecular formula is C112H166N4O24Zn+4. The van der Waals surface area contributed by atoms with Gasteiger partial charge in [-0.25, -0.2) is 0 Å². The maximum Gasteiger partial charge on any atom is 2.00 e. The number of carbonyl (C=O) groups excluding carboxylic acids is 6. The summed E-state index contributed by atoms with van der Waals surface area (Å²) in [5, 5.41) is 36.8. The smallest absolute Gasteiger partial charge is 0.545 e. The normalized spacial score (nSPS) is 14.9. The predicted octanol–water partition coefficient (Wildman–Crippen LogP) is 14.6. The van der Waals surface area contributed by atoms with Crippen molar-refractivity contribution in [2.45, 2.75) is 220 Å². The summed E-state index contributed by atoms with van der Waals surface area (Å²) in [6, 6.07) is 58.0. The van der Waals surface area contributed by atoms with Crippen molar-refractivity contribution < 1.29 is 137 Å². The summed E-state index contributed by atoms with van der Waals surface area (Å²) < 4.78 is 59.3. The average molecular weight is 2020 g/mol. The van der Waals surface area contributed by atoms with Gasteiger partial charge in [-0.15, -0.1) is 0 Å². The Bertz CT molecular complexity index is 4200. The first-order valence-electron chi connectivity index (χ1n) is 48.1. The van der Waals surface area contributed by atoms with Crippen LogP contribution in [0.3, 0.4) is 0 Å². The molecule has 0 radical (unpaired) electrons. The van der Waals surface area contributed by atoms with Gasteiger partial charge in [-0.3, -0.25) is 19.2 Å². The third-order valence-electron chi connectivity index (χ3n) is 23.3. The third-order valence-corrected chi connectivity index (χ3v) is 23.3. The minimum atomic E-state index is -1.50. The van der Waals surface area contributed by atoms with Crippen LogP contribution in [0.2, 0.25) is 0 Å². The number of unbranched alkanes of at least 4 members (excludes halogenated alkanes) is 2. The van der Waals surface area contributed by atoms with Gasteiger partial charge in [0.05, 0.1) is 193 Å². The molecule has 29 heteroatoms. The van der Waals surface area contributed by atoms with E-state index in [9.17, 15) is 29.4 Å². The number of carbonyl (C=O) groups is 6. The fourth-order valence-corrected chi connectivity index (χ4v) is 15.2. The van der Waals surface area contributed by atoms with Crippen LogP contribution < -0.4 is 31.5 Å². The van der Waals surface area contributed by atoms with Crippen LogP contribution in [0.15, 0.2) is 182 Å². The van der Waals surface area contributed by atoms with E-state index in [1.54, 1.807) is 12.1 Å². The van der Waals surface area contributed by atoms with Crippen LogP contribution in [0.4, 0.5) is 22.7 Å². The molecule has 0 unspecified atom stereocenters. The Labute approximate surface area is 850 Å². The number of anilines is 4. The molecule has 6 aliphatic heterocycles. The van der Waals surface area contributed by atoms with E-state index in [1.165, 1.54) is 24.3 Å². The predicted molar refractivity (Wildman–Crippen MR) is 555 cm³/mol. The van der Waals surface area contributed by atoms with Crippen LogP contribution in [-0.4, -0.2) is 194 Å². The first-order chi connectivity index (χ1) is 64.6. The van der Waals surface area contributed by atoms with Gasteiger partial charge in [-0.05, 0) is 136 Å². The number of ether oxygens (including phenoxy) is 12. The van der Waals surface area contributed by atoms with E-state index < -0.39 is 34.6 Å². The summed E-state index contributed by atoms with van der Waals surface area (Å²) in [6.45, 7) is 61.3. The first kappa shape index (κ1) is 128. The molecule has 0 atom stereocenters. The Morgan fingerprint density at radius 2 is 0.369 bits per heavy atom. The Hall–Kier alpha value is -9.44. The zero-order chi connectivity index (χ0) is 99.6.